The molecule has 2 N–H and O–H groups in total. The smallest absolute Gasteiger partial charge is 0.246 e. The minimum atomic E-state index is -0.316. The Morgan fingerprint density at radius 2 is 1.90 bits per heavy atom. The van der Waals surface area contributed by atoms with Crippen molar-refractivity contribution < 1.29 is 9.53 Å². The quantitative estimate of drug-likeness (QED) is 0.905. The molecule has 0 saturated heterocycles. The van der Waals surface area contributed by atoms with Crippen molar-refractivity contribution in [3.63, 3.8) is 0 Å². The van der Waals surface area contributed by atoms with Crippen molar-refractivity contribution in [1.29, 1.82) is 5.26 Å². The summed E-state index contributed by atoms with van der Waals surface area (Å²) < 4.78 is 5.73. The Morgan fingerprint density at radius 3 is 2.57 bits per heavy atom. The lowest BCUT2D eigenvalue weighted by Gasteiger charge is -2.09. The number of hydrogen-bond acceptors (Lipinski definition) is 4. The van der Waals surface area contributed by atoms with Crippen molar-refractivity contribution in [2.24, 2.45) is 0 Å². The number of fused-ring (bicyclic) bond motifs is 1. The standard InChI is InChI=1S/C16H13N3O2/c1-18-15-13-7-6-12(8-14(13)19-16(15)20)21-11-4-2-10(9-17)3-5-11/h2-8,15,18H,1H3,(H,19,20). The molecule has 0 spiro atoms. The van der Waals surface area contributed by atoms with E-state index < -0.39 is 0 Å². The molecule has 104 valence electrons. The van der Waals surface area contributed by atoms with Crippen LogP contribution in [0.3, 0.4) is 0 Å². The third-order valence-corrected chi connectivity index (χ3v) is 3.36. The molecule has 0 saturated carbocycles. The second-order valence-corrected chi connectivity index (χ2v) is 4.70. The summed E-state index contributed by atoms with van der Waals surface area (Å²) in [6.45, 7) is 0. The number of nitriles is 1. The van der Waals surface area contributed by atoms with E-state index in [1.165, 1.54) is 0 Å². The zero-order chi connectivity index (χ0) is 14.8. The number of rotatable bonds is 3. The van der Waals surface area contributed by atoms with Crippen molar-refractivity contribution in [2.75, 3.05) is 12.4 Å². The second kappa shape index (κ2) is 5.27. The van der Waals surface area contributed by atoms with Gasteiger partial charge in [-0.15, -0.1) is 0 Å². The maximum Gasteiger partial charge on any atom is 0.246 e. The molecule has 1 aliphatic rings. The maximum atomic E-state index is 11.8. The molecule has 0 bridgehead atoms. The zero-order valence-electron chi connectivity index (χ0n) is 11.4. The van der Waals surface area contributed by atoms with E-state index in [0.29, 0.717) is 17.1 Å². The molecule has 2 aromatic carbocycles. The molecule has 1 atom stereocenters. The number of carbonyl (C=O) groups excluding carboxylic acids is 1. The van der Waals surface area contributed by atoms with E-state index in [1.807, 2.05) is 12.1 Å². The van der Waals surface area contributed by atoms with Crippen LogP contribution in [-0.2, 0) is 4.79 Å². The van der Waals surface area contributed by atoms with E-state index in [1.54, 1.807) is 37.4 Å². The minimum absolute atomic E-state index is 0.0666. The molecule has 0 aliphatic carbocycles. The van der Waals surface area contributed by atoms with Crippen LogP contribution >= 0.6 is 0 Å². The van der Waals surface area contributed by atoms with E-state index in [4.69, 9.17) is 10.00 Å². The Hall–Kier alpha value is -2.84. The summed E-state index contributed by atoms with van der Waals surface area (Å²) >= 11 is 0. The van der Waals surface area contributed by atoms with Gasteiger partial charge in [-0.05, 0) is 37.4 Å². The molecule has 5 heteroatoms. The maximum absolute atomic E-state index is 11.8. The second-order valence-electron chi connectivity index (χ2n) is 4.70. The molecule has 1 heterocycles. The molecule has 3 rings (SSSR count). The fourth-order valence-corrected chi connectivity index (χ4v) is 2.33. The lowest BCUT2D eigenvalue weighted by molar-refractivity contribution is -0.117. The van der Waals surface area contributed by atoms with Crippen LogP contribution in [0.4, 0.5) is 5.69 Å². The summed E-state index contributed by atoms with van der Waals surface area (Å²) in [4.78, 5) is 11.8. The van der Waals surface area contributed by atoms with Crippen molar-refractivity contribution >= 4 is 11.6 Å². The fourth-order valence-electron chi connectivity index (χ4n) is 2.33. The average molecular weight is 279 g/mol. The van der Waals surface area contributed by atoms with E-state index in [9.17, 15) is 4.79 Å². The summed E-state index contributed by atoms with van der Waals surface area (Å²) in [7, 11) is 1.75. The van der Waals surface area contributed by atoms with Gasteiger partial charge in [0.2, 0.25) is 5.91 Å². The first-order valence-electron chi connectivity index (χ1n) is 6.51. The fraction of sp³-hybridized carbons (Fsp3) is 0.125. The highest BCUT2D eigenvalue weighted by Gasteiger charge is 2.29. The summed E-state index contributed by atoms with van der Waals surface area (Å²) in [5.41, 5.74) is 2.25. The van der Waals surface area contributed by atoms with Gasteiger partial charge < -0.3 is 15.4 Å². The van der Waals surface area contributed by atoms with Gasteiger partial charge in [-0.1, -0.05) is 6.07 Å². The van der Waals surface area contributed by atoms with Crippen LogP contribution in [0, 0.1) is 11.3 Å². The number of carbonyl (C=O) groups is 1. The first kappa shape index (κ1) is 13.2. The molecule has 1 unspecified atom stereocenters. The van der Waals surface area contributed by atoms with E-state index in [2.05, 4.69) is 16.7 Å². The van der Waals surface area contributed by atoms with Gasteiger partial charge in [0, 0.05) is 17.3 Å². The Balaban J connectivity index is 1.83. The van der Waals surface area contributed by atoms with E-state index in [-0.39, 0.29) is 11.9 Å². The summed E-state index contributed by atoms with van der Waals surface area (Å²) in [5, 5.41) is 14.5. The number of amides is 1. The van der Waals surface area contributed by atoms with E-state index in [0.717, 1.165) is 11.3 Å². The highest BCUT2D eigenvalue weighted by Crippen LogP contribution is 2.34. The first-order valence-corrected chi connectivity index (χ1v) is 6.51. The molecule has 1 amide bonds. The largest absolute Gasteiger partial charge is 0.457 e. The molecular weight excluding hydrogens is 266 g/mol. The predicted molar refractivity (Wildman–Crippen MR) is 78.1 cm³/mol. The van der Waals surface area contributed by atoms with Gasteiger partial charge in [-0.3, -0.25) is 4.79 Å². The monoisotopic (exact) mass is 279 g/mol. The predicted octanol–water partition coefficient (Wildman–Crippen LogP) is 2.56. The van der Waals surface area contributed by atoms with Crippen LogP contribution in [0.1, 0.15) is 17.2 Å². The number of nitrogens with zero attached hydrogens (tertiary/aromatic N) is 1. The summed E-state index contributed by atoms with van der Waals surface area (Å²) in [6, 6.07) is 14.1. The van der Waals surface area contributed by atoms with Crippen molar-refractivity contribution in [3.05, 3.63) is 53.6 Å². The van der Waals surface area contributed by atoms with Crippen molar-refractivity contribution in [3.8, 4) is 17.6 Å². The number of likely N-dealkylation sites (N-methyl/N-ethyl adjacent to an activating group) is 1. The van der Waals surface area contributed by atoms with Gasteiger partial charge >= 0.3 is 0 Å². The van der Waals surface area contributed by atoms with Gasteiger partial charge in [-0.2, -0.15) is 5.26 Å². The number of nitrogens with one attached hydrogen (secondary N) is 2. The van der Waals surface area contributed by atoms with Crippen LogP contribution in [0.2, 0.25) is 0 Å². The summed E-state index contributed by atoms with van der Waals surface area (Å²) in [5.74, 6) is 1.21. The van der Waals surface area contributed by atoms with Gasteiger partial charge in [0.05, 0.1) is 11.6 Å². The third kappa shape index (κ3) is 2.45. The molecule has 0 radical (unpaired) electrons. The van der Waals surface area contributed by atoms with Gasteiger partial charge in [0.15, 0.2) is 0 Å². The van der Waals surface area contributed by atoms with E-state index >= 15 is 0 Å². The zero-order valence-corrected chi connectivity index (χ0v) is 11.4. The van der Waals surface area contributed by atoms with Crippen LogP contribution in [0.15, 0.2) is 42.5 Å². The minimum Gasteiger partial charge on any atom is -0.457 e. The number of hydrogen-bond donors (Lipinski definition) is 2. The van der Waals surface area contributed by atoms with Crippen molar-refractivity contribution in [1.82, 2.24) is 5.32 Å². The van der Waals surface area contributed by atoms with Crippen LogP contribution in [-0.4, -0.2) is 13.0 Å². The first-order chi connectivity index (χ1) is 10.2. The summed E-state index contributed by atoms with van der Waals surface area (Å²) in [6.07, 6.45) is 0. The molecule has 0 aromatic heterocycles. The highest BCUT2D eigenvalue weighted by molar-refractivity contribution is 6.02. The lowest BCUT2D eigenvalue weighted by atomic mass is 10.1. The molecule has 5 nitrogen and oxygen atoms in total. The number of anilines is 1. The highest BCUT2D eigenvalue weighted by atomic mass is 16.5. The van der Waals surface area contributed by atoms with Crippen LogP contribution < -0.4 is 15.4 Å². The molecule has 21 heavy (non-hydrogen) atoms. The Labute approximate surface area is 122 Å². The lowest BCUT2D eigenvalue weighted by Crippen LogP contribution is -2.23. The van der Waals surface area contributed by atoms with Gasteiger partial charge in [0.1, 0.15) is 17.5 Å². The van der Waals surface area contributed by atoms with Crippen LogP contribution in [0.25, 0.3) is 0 Å². The Bertz CT molecular complexity index is 732. The Morgan fingerprint density at radius 1 is 1.19 bits per heavy atom. The molecular formula is C16H13N3O2. The SMILES string of the molecule is CNC1C(=O)Nc2cc(Oc3ccc(C#N)cc3)ccc21. The normalized spacial score (nSPS) is 16.0. The number of benzene rings is 2. The topological polar surface area (TPSA) is 74.2 Å². The molecule has 1 aliphatic heterocycles. The van der Waals surface area contributed by atoms with Crippen molar-refractivity contribution in [2.45, 2.75) is 6.04 Å². The van der Waals surface area contributed by atoms with Gasteiger partial charge in [-0.25, -0.2) is 0 Å². The molecule has 2 aromatic rings. The van der Waals surface area contributed by atoms with Crippen LogP contribution in [0.5, 0.6) is 11.5 Å². The number of ether oxygens (including phenoxy) is 1. The third-order valence-electron chi connectivity index (χ3n) is 3.36. The Kier molecular flexibility index (Phi) is 3.30. The average Bonchev–Trinajstić information content (AvgIpc) is 2.82. The van der Waals surface area contributed by atoms with Gasteiger partial charge in [0.25, 0.3) is 0 Å². The molecule has 0 fully saturated rings.